The Morgan fingerprint density at radius 2 is 1.94 bits per heavy atom. The Hall–Kier alpha value is -0.870. The van der Waals surface area contributed by atoms with Crippen molar-refractivity contribution in [1.82, 2.24) is 10.6 Å². The van der Waals surface area contributed by atoms with Gasteiger partial charge in [0.25, 0.3) is 0 Å². The maximum Gasteiger partial charge on any atom is 0.217 e. The second kappa shape index (κ2) is 8.33. The number of amides is 1. The third-order valence-corrected chi connectivity index (χ3v) is 12.0. The first kappa shape index (κ1) is 23.5. The summed E-state index contributed by atoms with van der Waals surface area (Å²) in [6.07, 6.45) is 13.1. The van der Waals surface area contributed by atoms with E-state index in [9.17, 15) is 4.79 Å². The van der Waals surface area contributed by atoms with Crippen LogP contribution in [0.1, 0.15) is 98.8 Å². The van der Waals surface area contributed by atoms with Gasteiger partial charge in [-0.3, -0.25) is 4.79 Å². The predicted octanol–water partition coefficient (Wildman–Crippen LogP) is 5.62. The number of carbonyl (C=O) groups is 1. The van der Waals surface area contributed by atoms with E-state index in [1.807, 2.05) is 5.57 Å². The molecule has 6 rings (SSSR count). The smallest absolute Gasteiger partial charge is 0.217 e. The summed E-state index contributed by atoms with van der Waals surface area (Å²) in [6, 6.07) is 0.952. The molecule has 0 radical (unpaired) electrons. The van der Waals surface area contributed by atoms with Gasteiger partial charge in [0.1, 0.15) is 0 Å². The van der Waals surface area contributed by atoms with Gasteiger partial charge in [0, 0.05) is 24.9 Å². The van der Waals surface area contributed by atoms with Gasteiger partial charge in [-0.2, -0.15) is 0 Å². The number of hydrogen-bond donors (Lipinski definition) is 2. The Morgan fingerprint density at radius 3 is 2.74 bits per heavy atom. The molecular weight excluding hydrogens is 420 g/mol. The molecule has 3 saturated carbocycles. The molecule has 1 spiro atoms. The second-order valence-corrected chi connectivity index (χ2v) is 13.8. The van der Waals surface area contributed by atoms with Crippen LogP contribution in [0.15, 0.2) is 11.1 Å². The van der Waals surface area contributed by atoms with Crippen LogP contribution < -0.4 is 10.6 Å². The van der Waals surface area contributed by atoms with Crippen molar-refractivity contribution in [2.45, 2.75) is 123 Å². The van der Waals surface area contributed by atoms with Crippen molar-refractivity contribution in [3.63, 3.8) is 0 Å². The summed E-state index contributed by atoms with van der Waals surface area (Å²) in [6.45, 7) is 12.8. The van der Waals surface area contributed by atoms with E-state index in [-0.39, 0.29) is 11.5 Å². The Labute approximate surface area is 207 Å². The van der Waals surface area contributed by atoms with Crippen LogP contribution in [0.5, 0.6) is 0 Å². The van der Waals surface area contributed by atoms with Gasteiger partial charge >= 0.3 is 0 Å². The molecular formula is C30H48N2O2. The molecule has 0 bridgehead atoms. The maximum absolute atomic E-state index is 11.7. The van der Waals surface area contributed by atoms with E-state index < -0.39 is 0 Å². The number of ether oxygens (including phenoxy) is 1. The molecule has 2 saturated heterocycles. The van der Waals surface area contributed by atoms with Crippen LogP contribution in [0, 0.1) is 40.9 Å². The molecule has 4 heteroatoms. The van der Waals surface area contributed by atoms with Gasteiger partial charge in [-0.15, -0.1) is 0 Å². The highest BCUT2D eigenvalue weighted by Gasteiger charge is 2.59. The third-order valence-electron chi connectivity index (χ3n) is 12.0. The minimum atomic E-state index is 0.0564. The number of piperidine rings is 1. The summed E-state index contributed by atoms with van der Waals surface area (Å²) in [5.74, 6) is 4.77. The molecule has 2 aliphatic heterocycles. The van der Waals surface area contributed by atoms with Crippen LogP contribution in [0.4, 0.5) is 0 Å². The molecule has 190 valence electrons. The number of hydrogen-bond acceptors (Lipinski definition) is 3. The van der Waals surface area contributed by atoms with Crippen molar-refractivity contribution < 1.29 is 9.53 Å². The Balaban J connectivity index is 1.23. The van der Waals surface area contributed by atoms with Crippen molar-refractivity contribution in [1.29, 1.82) is 0 Å². The van der Waals surface area contributed by atoms with E-state index in [2.05, 4.69) is 38.3 Å². The van der Waals surface area contributed by atoms with Gasteiger partial charge in [0.15, 0.2) is 0 Å². The molecule has 5 fully saturated rings. The zero-order chi connectivity index (χ0) is 23.8. The van der Waals surface area contributed by atoms with Crippen molar-refractivity contribution in [3.05, 3.63) is 11.1 Å². The van der Waals surface area contributed by atoms with Gasteiger partial charge in [0.2, 0.25) is 5.91 Å². The molecule has 0 aromatic heterocycles. The van der Waals surface area contributed by atoms with E-state index >= 15 is 0 Å². The number of fused-ring (bicyclic) bond motifs is 6. The topological polar surface area (TPSA) is 50.4 Å². The van der Waals surface area contributed by atoms with E-state index in [1.54, 1.807) is 12.5 Å². The van der Waals surface area contributed by atoms with E-state index in [1.165, 1.54) is 57.8 Å². The normalized spacial score (nSPS) is 52.4. The summed E-state index contributed by atoms with van der Waals surface area (Å²) in [5.41, 5.74) is 4.04. The summed E-state index contributed by atoms with van der Waals surface area (Å²) in [7, 11) is 0. The summed E-state index contributed by atoms with van der Waals surface area (Å²) < 4.78 is 7.05. The number of allylic oxidation sites excluding steroid dienone is 1. The fraction of sp³-hybridized carbons (Fsp3) is 0.900. The first-order valence-corrected chi connectivity index (χ1v) is 14.6. The van der Waals surface area contributed by atoms with Crippen LogP contribution in [-0.2, 0) is 9.53 Å². The minimum absolute atomic E-state index is 0.0564. The Kier molecular flexibility index (Phi) is 5.76. The summed E-state index contributed by atoms with van der Waals surface area (Å²) >= 11 is 0. The SMILES string of the molecule is CC(=O)N[C@H]1CC[C@@]2(C)[C@H](CC[C@H]3[C@@H]4CC[C@@]5(CC(C)=C4C[C@@H]32)O[C@@H]2C[C@H](C)CN[C@H]2[C@H]5C)C1. The summed E-state index contributed by atoms with van der Waals surface area (Å²) in [4.78, 5) is 11.7. The average Bonchev–Trinajstić information content (AvgIpc) is 3.24. The van der Waals surface area contributed by atoms with Gasteiger partial charge in [-0.1, -0.05) is 31.9 Å². The molecule has 0 aromatic rings. The van der Waals surface area contributed by atoms with Crippen LogP contribution >= 0.6 is 0 Å². The molecule has 6 aliphatic rings. The molecule has 1 amide bonds. The molecule has 0 unspecified atom stereocenters. The molecule has 2 heterocycles. The maximum atomic E-state index is 11.7. The fourth-order valence-electron chi connectivity index (χ4n) is 10.2. The quantitative estimate of drug-likeness (QED) is 0.491. The molecule has 4 aliphatic carbocycles. The van der Waals surface area contributed by atoms with Crippen LogP contribution in [0.3, 0.4) is 0 Å². The monoisotopic (exact) mass is 468 g/mol. The molecule has 4 nitrogen and oxygen atoms in total. The highest BCUT2D eigenvalue weighted by atomic mass is 16.5. The highest BCUT2D eigenvalue weighted by Crippen LogP contribution is 2.65. The standard InChI is InChI=1S/C30H48N2O2/c1-17-12-27-28(31-16-17)19(3)30(34-27)11-9-23-24-7-6-21-13-22(32-20(4)33)8-10-29(21,5)26(24)14-25(23)18(2)15-30/h17,19,21-24,26-28,31H,6-16H2,1-5H3,(H,32,33)/t17-,19+,21+,22-,23-,24-,26-,27+,28-,29-,30-/m0/s1. The van der Waals surface area contributed by atoms with Crippen LogP contribution in [0.2, 0.25) is 0 Å². The highest BCUT2D eigenvalue weighted by molar-refractivity contribution is 5.73. The number of rotatable bonds is 1. The first-order chi connectivity index (χ1) is 16.2. The fourth-order valence-corrected chi connectivity index (χ4v) is 10.2. The van der Waals surface area contributed by atoms with Crippen molar-refractivity contribution in [2.24, 2.45) is 40.9 Å². The van der Waals surface area contributed by atoms with Crippen molar-refractivity contribution >= 4 is 5.91 Å². The van der Waals surface area contributed by atoms with Gasteiger partial charge < -0.3 is 15.4 Å². The lowest BCUT2D eigenvalue weighted by atomic mass is 9.52. The Morgan fingerprint density at radius 1 is 1.12 bits per heavy atom. The van der Waals surface area contributed by atoms with E-state index in [4.69, 9.17) is 4.74 Å². The molecule has 0 aromatic carbocycles. The first-order valence-electron chi connectivity index (χ1n) is 14.6. The Bertz CT molecular complexity index is 868. The van der Waals surface area contributed by atoms with Crippen molar-refractivity contribution in [2.75, 3.05) is 6.54 Å². The molecule has 2 N–H and O–H groups in total. The summed E-state index contributed by atoms with van der Waals surface area (Å²) in [5, 5.41) is 7.11. The number of nitrogens with one attached hydrogen (secondary N) is 2. The average molecular weight is 469 g/mol. The predicted molar refractivity (Wildman–Crippen MR) is 136 cm³/mol. The lowest BCUT2D eigenvalue weighted by molar-refractivity contribution is -0.121. The second-order valence-electron chi connectivity index (χ2n) is 13.8. The van der Waals surface area contributed by atoms with Gasteiger partial charge in [-0.05, 0) is 113 Å². The van der Waals surface area contributed by atoms with E-state index in [0.717, 1.165) is 42.6 Å². The molecule has 34 heavy (non-hydrogen) atoms. The van der Waals surface area contributed by atoms with Crippen LogP contribution in [-0.4, -0.2) is 36.2 Å². The van der Waals surface area contributed by atoms with Gasteiger partial charge in [-0.25, -0.2) is 0 Å². The van der Waals surface area contributed by atoms with Crippen LogP contribution in [0.25, 0.3) is 0 Å². The van der Waals surface area contributed by atoms with E-state index in [0.29, 0.717) is 29.5 Å². The number of carbonyl (C=O) groups excluding carboxylic acids is 1. The zero-order valence-corrected chi connectivity index (χ0v) is 22.3. The minimum Gasteiger partial charge on any atom is -0.369 e. The molecule has 11 atom stereocenters. The zero-order valence-electron chi connectivity index (χ0n) is 22.3. The lowest BCUT2D eigenvalue weighted by Crippen LogP contribution is -2.50. The lowest BCUT2D eigenvalue weighted by Gasteiger charge is -2.54. The largest absolute Gasteiger partial charge is 0.369 e. The van der Waals surface area contributed by atoms with Gasteiger partial charge in [0.05, 0.1) is 11.7 Å². The van der Waals surface area contributed by atoms with Crippen molar-refractivity contribution in [3.8, 4) is 0 Å². The third kappa shape index (κ3) is 3.56.